The molecular weight excluding hydrogens is 441 g/mol. The highest BCUT2D eigenvalue weighted by molar-refractivity contribution is 5.99. The van der Waals surface area contributed by atoms with E-state index in [-0.39, 0.29) is 35.4 Å². The number of nitrogens with zero attached hydrogens (tertiary/aromatic N) is 4. The first-order valence-electron chi connectivity index (χ1n) is 11.2. The van der Waals surface area contributed by atoms with Gasteiger partial charge in [0.1, 0.15) is 29.6 Å². The zero-order valence-electron chi connectivity index (χ0n) is 18.8. The lowest BCUT2D eigenvalue weighted by molar-refractivity contribution is -0.121. The molecule has 10 nitrogen and oxygen atoms in total. The lowest BCUT2D eigenvalue weighted by atomic mass is 9.83. The highest BCUT2D eigenvalue weighted by Gasteiger charge is 2.30. The average molecular weight is 468 g/mol. The number of aryl methyl sites for hydroxylation is 1. The zero-order chi connectivity index (χ0) is 24.2. The summed E-state index contributed by atoms with van der Waals surface area (Å²) in [6.45, 7) is 1.78. The lowest BCUT2D eigenvalue weighted by Crippen LogP contribution is -2.50. The van der Waals surface area contributed by atoms with E-state index >= 15 is 0 Å². The molecule has 4 N–H and O–H groups in total. The number of aromatic nitrogens is 4. The monoisotopic (exact) mass is 467 g/mol. The van der Waals surface area contributed by atoms with E-state index in [1.807, 2.05) is 0 Å². The van der Waals surface area contributed by atoms with Crippen molar-refractivity contribution < 1.29 is 18.8 Å². The van der Waals surface area contributed by atoms with E-state index in [4.69, 9.17) is 5.73 Å². The Labute approximate surface area is 195 Å². The second-order valence-corrected chi connectivity index (χ2v) is 8.52. The maximum Gasteiger partial charge on any atom is 0.270 e. The Morgan fingerprint density at radius 1 is 1.18 bits per heavy atom. The Hall–Kier alpha value is -3.89. The molecule has 0 aliphatic heterocycles. The number of amides is 3. The average Bonchev–Trinajstić information content (AvgIpc) is 3.31. The normalized spacial score (nSPS) is 15.1. The van der Waals surface area contributed by atoms with Gasteiger partial charge in [-0.3, -0.25) is 14.4 Å². The smallest absolute Gasteiger partial charge is 0.270 e. The van der Waals surface area contributed by atoms with E-state index in [1.165, 1.54) is 23.0 Å². The number of nitrogens with two attached hydrogens (primary N) is 1. The van der Waals surface area contributed by atoms with Gasteiger partial charge in [0.2, 0.25) is 5.91 Å². The van der Waals surface area contributed by atoms with E-state index < -0.39 is 23.8 Å². The number of hydrogen-bond acceptors (Lipinski definition) is 6. The second-order valence-electron chi connectivity index (χ2n) is 8.52. The highest BCUT2D eigenvalue weighted by atomic mass is 19.1. The van der Waals surface area contributed by atoms with Crippen LogP contribution < -0.4 is 16.4 Å². The Morgan fingerprint density at radius 3 is 2.65 bits per heavy atom. The molecule has 1 aliphatic rings. The summed E-state index contributed by atoms with van der Waals surface area (Å²) >= 11 is 0. The lowest BCUT2D eigenvalue weighted by Gasteiger charge is -2.28. The van der Waals surface area contributed by atoms with Gasteiger partial charge >= 0.3 is 0 Å². The van der Waals surface area contributed by atoms with Crippen molar-refractivity contribution in [2.24, 2.45) is 11.7 Å². The van der Waals surface area contributed by atoms with Gasteiger partial charge in [0.25, 0.3) is 17.6 Å². The van der Waals surface area contributed by atoms with E-state index in [0.29, 0.717) is 11.1 Å². The highest BCUT2D eigenvalue weighted by Crippen LogP contribution is 2.26. The first-order valence-corrected chi connectivity index (χ1v) is 11.2. The second kappa shape index (κ2) is 9.94. The molecule has 1 aliphatic carbocycles. The third-order valence-electron chi connectivity index (χ3n) is 6.11. The van der Waals surface area contributed by atoms with E-state index in [2.05, 4.69) is 25.7 Å². The molecule has 3 amide bonds. The third-order valence-corrected chi connectivity index (χ3v) is 6.11. The van der Waals surface area contributed by atoms with Gasteiger partial charge in [0.05, 0.1) is 0 Å². The molecule has 3 aromatic rings. The summed E-state index contributed by atoms with van der Waals surface area (Å²) in [6.07, 6.45) is 5.87. The summed E-state index contributed by atoms with van der Waals surface area (Å²) in [7, 11) is 0. The van der Waals surface area contributed by atoms with Crippen molar-refractivity contribution in [1.29, 1.82) is 0 Å². The SMILES string of the molecule is Cc1cc(CNC(=O)c2cc(C(=O)N[C@H](C(N)=O)C3CCCCC3)n3ncnc3n2)ccc1F. The van der Waals surface area contributed by atoms with Crippen molar-refractivity contribution in [3.05, 3.63) is 58.9 Å². The van der Waals surface area contributed by atoms with Crippen molar-refractivity contribution in [3.8, 4) is 0 Å². The molecule has 2 aromatic heterocycles. The number of carbonyl (C=O) groups is 3. The molecule has 1 saturated carbocycles. The third kappa shape index (κ3) is 5.03. The van der Waals surface area contributed by atoms with Crippen molar-refractivity contribution >= 4 is 23.5 Å². The summed E-state index contributed by atoms with van der Waals surface area (Å²) in [5.41, 5.74) is 6.74. The molecule has 1 fully saturated rings. The standard InChI is InChI=1S/C23H26FN7O3/c1-13-9-14(7-8-16(13)24)11-26-21(33)17-10-18(31-23(29-17)27-12-28-31)22(34)30-19(20(25)32)15-5-3-2-4-6-15/h7-10,12,15,19H,2-6,11H2,1H3,(H2,25,32)(H,26,33)(H,30,34)/t19-/m0/s1. The quantitative estimate of drug-likeness (QED) is 0.482. The number of fused-ring (bicyclic) bond motifs is 1. The van der Waals surface area contributed by atoms with Crippen LogP contribution in [0.25, 0.3) is 5.78 Å². The van der Waals surface area contributed by atoms with Crippen molar-refractivity contribution in [3.63, 3.8) is 0 Å². The Morgan fingerprint density at radius 2 is 1.94 bits per heavy atom. The van der Waals surface area contributed by atoms with Crippen LogP contribution in [0, 0.1) is 18.7 Å². The molecule has 4 rings (SSSR count). The van der Waals surface area contributed by atoms with Gasteiger partial charge in [-0.2, -0.15) is 14.6 Å². The molecule has 0 bridgehead atoms. The first-order chi connectivity index (χ1) is 16.3. The van der Waals surface area contributed by atoms with E-state index in [9.17, 15) is 18.8 Å². The van der Waals surface area contributed by atoms with E-state index in [1.54, 1.807) is 19.1 Å². The van der Waals surface area contributed by atoms with Gasteiger partial charge in [-0.1, -0.05) is 31.4 Å². The van der Waals surface area contributed by atoms with Crippen LogP contribution in [0.4, 0.5) is 4.39 Å². The van der Waals surface area contributed by atoms with Gasteiger partial charge in [0, 0.05) is 12.6 Å². The van der Waals surface area contributed by atoms with Crippen LogP contribution in [0.3, 0.4) is 0 Å². The van der Waals surface area contributed by atoms with Crippen LogP contribution >= 0.6 is 0 Å². The van der Waals surface area contributed by atoms with Crippen LogP contribution in [0.15, 0.2) is 30.6 Å². The van der Waals surface area contributed by atoms with Crippen LogP contribution in [0.5, 0.6) is 0 Å². The van der Waals surface area contributed by atoms with Crippen LogP contribution in [-0.4, -0.2) is 43.3 Å². The van der Waals surface area contributed by atoms with Crippen molar-refractivity contribution in [2.75, 3.05) is 0 Å². The number of rotatable bonds is 7. The minimum Gasteiger partial charge on any atom is -0.368 e. The number of primary amides is 1. The van der Waals surface area contributed by atoms with Crippen molar-refractivity contribution in [2.45, 2.75) is 51.6 Å². The largest absolute Gasteiger partial charge is 0.368 e. The molecule has 0 radical (unpaired) electrons. The Bertz CT molecular complexity index is 1240. The van der Waals surface area contributed by atoms with Gasteiger partial charge in [0.15, 0.2) is 0 Å². The Kier molecular flexibility index (Phi) is 6.80. The fourth-order valence-electron chi connectivity index (χ4n) is 4.28. The van der Waals surface area contributed by atoms with Crippen LogP contribution in [0.1, 0.15) is 64.2 Å². The van der Waals surface area contributed by atoms with Gasteiger partial charge in [-0.05, 0) is 42.9 Å². The molecule has 178 valence electrons. The number of hydrogen-bond donors (Lipinski definition) is 3. The van der Waals surface area contributed by atoms with Gasteiger partial charge in [-0.25, -0.2) is 9.37 Å². The minimum atomic E-state index is -0.821. The molecule has 1 aromatic carbocycles. The van der Waals surface area contributed by atoms with Crippen LogP contribution in [0.2, 0.25) is 0 Å². The predicted molar refractivity (Wildman–Crippen MR) is 120 cm³/mol. The van der Waals surface area contributed by atoms with Gasteiger partial charge < -0.3 is 16.4 Å². The molecule has 34 heavy (non-hydrogen) atoms. The van der Waals surface area contributed by atoms with E-state index in [0.717, 1.165) is 32.1 Å². The minimum absolute atomic E-state index is 0.00679. The number of halogens is 1. The topological polar surface area (TPSA) is 144 Å². The summed E-state index contributed by atoms with van der Waals surface area (Å²) in [5, 5.41) is 9.45. The molecule has 11 heteroatoms. The maximum absolute atomic E-state index is 13.5. The van der Waals surface area contributed by atoms with Gasteiger partial charge in [-0.15, -0.1) is 0 Å². The van der Waals surface area contributed by atoms with Crippen LogP contribution in [-0.2, 0) is 11.3 Å². The molecule has 2 heterocycles. The fourth-order valence-corrected chi connectivity index (χ4v) is 4.28. The molecule has 0 saturated heterocycles. The number of carbonyl (C=O) groups excluding carboxylic acids is 3. The summed E-state index contributed by atoms with van der Waals surface area (Å²) in [4.78, 5) is 46.2. The molecule has 1 atom stereocenters. The van der Waals surface area contributed by atoms with Crippen molar-refractivity contribution in [1.82, 2.24) is 30.2 Å². The predicted octanol–water partition coefficient (Wildman–Crippen LogP) is 1.67. The number of nitrogens with one attached hydrogen (secondary N) is 2. The summed E-state index contributed by atoms with van der Waals surface area (Å²) in [5.74, 6) is -2.05. The molecule has 0 unspecified atom stereocenters. The Balaban J connectivity index is 1.55. The first kappa shape index (κ1) is 23.3. The maximum atomic E-state index is 13.5. The summed E-state index contributed by atoms with van der Waals surface area (Å²) in [6, 6.07) is 5.02. The molecular formula is C23H26FN7O3. The fraction of sp³-hybridized carbons (Fsp3) is 0.391. The summed E-state index contributed by atoms with van der Waals surface area (Å²) < 4.78 is 14.7. The molecule has 0 spiro atoms. The number of benzene rings is 1. The zero-order valence-corrected chi connectivity index (χ0v) is 18.8.